The standard InChI is InChI=1S/C22H25N5O4S/c28-20(16-1-2-17-12-26(22(30)31)5-3-15(17)11-16)27-13-18(14-27)24-6-8-25(9-7-24)21(29)19-23-4-10-32-19/h1-2,4,10-11,18H,3,5-9,12-14H2,(H,30,31). The molecule has 0 saturated carbocycles. The molecule has 9 nitrogen and oxygen atoms in total. The van der Waals surface area contributed by atoms with Gasteiger partial charge < -0.3 is 19.8 Å². The Balaban J connectivity index is 1.12. The number of fused-ring (bicyclic) bond motifs is 1. The molecule has 10 heteroatoms. The lowest BCUT2D eigenvalue weighted by Crippen LogP contribution is -2.64. The average molecular weight is 456 g/mol. The van der Waals surface area contributed by atoms with Crippen molar-refractivity contribution in [3.63, 3.8) is 0 Å². The SMILES string of the molecule is O=C(O)N1CCc2cc(C(=O)N3CC(N4CCN(C(=O)c5nccs5)CC4)C3)ccc2C1. The largest absolute Gasteiger partial charge is 0.465 e. The van der Waals surface area contributed by atoms with E-state index in [0.29, 0.717) is 62.3 Å². The summed E-state index contributed by atoms with van der Waals surface area (Å²) < 4.78 is 0. The number of carboxylic acid groups (broad SMARTS) is 1. The number of carbonyl (C=O) groups excluding carboxylic acids is 2. The number of aromatic nitrogens is 1. The average Bonchev–Trinajstić information content (AvgIpc) is 3.32. The maximum atomic E-state index is 12.9. The van der Waals surface area contributed by atoms with Crippen molar-refractivity contribution in [2.75, 3.05) is 45.8 Å². The van der Waals surface area contributed by atoms with Crippen LogP contribution >= 0.6 is 11.3 Å². The van der Waals surface area contributed by atoms with E-state index in [4.69, 9.17) is 0 Å². The van der Waals surface area contributed by atoms with E-state index in [-0.39, 0.29) is 11.8 Å². The van der Waals surface area contributed by atoms with E-state index in [9.17, 15) is 19.5 Å². The number of piperazine rings is 1. The number of likely N-dealkylation sites (tertiary alicyclic amines) is 1. The summed E-state index contributed by atoms with van der Waals surface area (Å²) in [5, 5.41) is 11.5. The van der Waals surface area contributed by atoms with Crippen molar-refractivity contribution in [2.24, 2.45) is 0 Å². The van der Waals surface area contributed by atoms with Crippen molar-refractivity contribution in [3.05, 3.63) is 51.5 Å². The Labute approximate surface area is 189 Å². The third-order valence-corrected chi connectivity index (χ3v) is 7.38. The first-order valence-corrected chi connectivity index (χ1v) is 11.7. The van der Waals surface area contributed by atoms with E-state index in [1.807, 2.05) is 33.4 Å². The van der Waals surface area contributed by atoms with Gasteiger partial charge in [0.25, 0.3) is 11.8 Å². The van der Waals surface area contributed by atoms with Gasteiger partial charge in [0.2, 0.25) is 0 Å². The predicted molar refractivity (Wildman–Crippen MR) is 118 cm³/mol. The van der Waals surface area contributed by atoms with Crippen LogP contribution in [0, 0.1) is 0 Å². The summed E-state index contributed by atoms with van der Waals surface area (Å²) in [4.78, 5) is 48.1. The summed E-state index contributed by atoms with van der Waals surface area (Å²) in [5.74, 6) is 0.0336. The Morgan fingerprint density at radius 1 is 0.938 bits per heavy atom. The molecule has 5 rings (SSSR count). The second-order valence-electron chi connectivity index (χ2n) is 8.47. The molecule has 3 aliphatic rings. The van der Waals surface area contributed by atoms with Crippen LogP contribution in [0.3, 0.4) is 0 Å². The molecule has 0 radical (unpaired) electrons. The number of hydrogen-bond acceptors (Lipinski definition) is 6. The molecule has 4 heterocycles. The van der Waals surface area contributed by atoms with Gasteiger partial charge in [0.05, 0.1) is 0 Å². The fourth-order valence-corrected chi connectivity index (χ4v) is 5.24. The summed E-state index contributed by atoms with van der Waals surface area (Å²) in [6.45, 7) is 5.21. The minimum Gasteiger partial charge on any atom is -0.465 e. The molecular weight excluding hydrogens is 430 g/mol. The van der Waals surface area contributed by atoms with Gasteiger partial charge in [-0.05, 0) is 29.7 Å². The zero-order chi connectivity index (χ0) is 22.2. The number of rotatable bonds is 3. The Morgan fingerprint density at radius 3 is 2.41 bits per heavy atom. The minimum absolute atomic E-state index is 0.00366. The summed E-state index contributed by atoms with van der Waals surface area (Å²) >= 11 is 1.37. The molecule has 0 spiro atoms. The lowest BCUT2D eigenvalue weighted by atomic mass is 9.96. The molecule has 0 bridgehead atoms. The third kappa shape index (κ3) is 3.95. The number of amides is 3. The molecule has 2 aromatic rings. The third-order valence-electron chi connectivity index (χ3n) is 6.62. The maximum Gasteiger partial charge on any atom is 0.407 e. The van der Waals surface area contributed by atoms with Gasteiger partial charge in [0, 0.05) is 75.5 Å². The second kappa shape index (κ2) is 8.51. The van der Waals surface area contributed by atoms with Crippen LogP contribution in [0.2, 0.25) is 0 Å². The molecule has 0 aliphatic carbocycles. The summed E-state index contributed by atoms with van der Waals surface area (Å²) in [5.41, 5.74) is 2.71. The van der Waals surface area contributed by atoms with Crippen molar-refractivity contribution in [1.29, 1.82) is 0 Å². The molecule has 0 unspecified atom stereocenters. The molecule has 1 N–H and O–H groups in total. The van der Waals surface area contributed by atoms with Gasteiger partial charge in [0.15, 0.2) is 5.01 Å². The quantitative estimate of drug-likeness (QED) is 0.753. The molecule has 2 saturated heterocycles. The van der Waals surface area contributed by atoms with Crippen LogP contribution in [0.25, 0.3) is 0 Å². The predicted octanol–water partition coefficient (Wildman–Crippen LogP) is 1.46. The van der Waals surface area contributed by atoms with Crippen LogP contribution in [-0.4, -0.2) is 99.5 Å². The highest BCUT2D eigenvalue weighted by Crippen LogP contribution is 2.24. The van der Waals surface area contributed by atoms with E-state index >= 15 is 0 Å². The number of nitrogens with zero attached hydrogens (tertiary/aromatic N) is 5. The fraction of sp³-hybridized carbons (Fsp3) is 0.455. The van der Waals surface area contributed by atoms with Crippen LogP contribution in [0.4, 0.5) is 4.79 Å². The van der Waals surface area contributed by atoms with Crippen molar-refractivity contribution in [1.82, 2.24) is 24.6 Å². The second-order valence-corrected chi connectivity index (χ2v) is 9.36. The highest BCUT2D eigenvalue weighted by molar-refractivity contribution is 7.11. The van der Waals surface area contributed by atoms with Gasteiger partial charge in [-0.15, -0.1) is 11.3 Å². The lowest BCUT2D eigenvalue weighted by Gasteiger charge is -2.48. The summed E-state index contributed by atoms with van der Waals surface area (Å²) in [6, 6.07) is 5.95. The Kier molecular flexibility index (Phi) is 5.56. The Hall–Kier alpha value is -2.98. The van der Waals surface area contributed by atoms with Gasteiger partial charge in [-0.25, -0.2) is 9.78 Å². The van der Waals surface area contributed by atoms with E-state index in [1.54, 1.807) is 6.20 Å². The van der Waals surface area contributed by atoms with Crippen LogP contribution < -0.4 is 0 Å². The van der Waals surface area contributed by atoms with Gasteiger partial charge in [-0.1, -0.05) is 6.07 Å². The molecule has 0 atom stereocenters. The number of hydrogen-bond donors (Lipinski definition) is 1. The molecule has 3 amide bonds. The van der Waals surface area contributed by atoms with Crippen molar-refractivity contribution in [3.8, 4) is 0 Å². The molecule has 1 aromatic carbocycles. The monoisotopic (exact) mass is 455 g/mol. The highest BCUT2D eigenvalue weighted by atomic mass is 32.1. The molecular formula is C22H25N5O4S. The maximum absolute atomic E-state index is 12.9. The zero-order valence-corrected chi connectivity index (χ0v) is 18.5. The van der Waals surface area contributed by atoms with Gasteiger partial charge in [0.1, 0.15) is 0 Å². The first kappa shape index (κ1) is 20.9. The zero-order valence-electron chi connectivity index (χ0n) is 17.6. The van der Waals surface area contributed by atoms with Crippen LogP contribution in [0.5, 0.6) is 0 Å². The van der Waals surface area contributed by atoms with E-state index in [1.165, 1.54) is 16.2 Å². The van der Waals surface area contributed by atoms with Gasteiger partial charge in [-0.3, -0.25) is 14.5 Å². The van der Waals surface area contributed by atoms with E-state index < -0.39 is 6.09 Å². The fourth-order valence-electron chi connectivity index (χ4n) is 4.64. The van der Waals surface area contributed by atoms with Crippen molar-refractivity contribution < 1.29 is 19.5 Å². The summed E-state index contributed by atoms with van der Waals surface area (Å²) in [7, 11) is 0. The van der Waals surface area contributed by atoms with Crippen molar-refractivity contribution in [2.45, 2.75) is 19.0 Å². The Morgan fingerprint density at radius 2 is 1.72 bits per heavy atom. The number of thiazole rings is 1. The topological polar surface area (TPSA) is 97.3 Å². The van der Waals surface area contributed by atoms with Crippen LogP contribution in [0.1, 0.15) is 31.3 Å². The molecule has 3 aliphatic heterocycles. The van der Waals surface area contributed by atoms with Crippen molar-refractivity contribution >= 4 is 29.2 Å². The lowest BCUT2D eigenvalue weighted by molar-refractivity contribution is 0.00851. The molecule has 32 heavy (non-hydrogen) atoms. The first-order chi connectivity index (χ1) is 15.5. The summed E-state index contributed by atoms with van der Waals surface area (Å²) in [6.07, 6.45) is 1.38. The van der Waals surface area contributed by atoms with Gasteiger partial charge >= 0.3 is 6.09 Å². The highest BCUT2D eigenvalue weighted by Gasteiger charge is 2.37. The van der Waals surface area contributed by atoms with Gasteiger partial charge in [-0.2, -0.15) is 0 Å². The molecule has 2 fully saturated rings. The minimum atomic E-state index is -0.907. The molecule has 1 aromatic heterocycles. The van der Waals surface area contributed by atoms with E-state index in [2.05, 4.69) is 9.88 Å². The van der Waals surface area contributed by atoms with Crippen LogP contribution in [0.15, 0.2) is 29.8 Å². The Bertz CT molecular complexity index is 1030. The first-order valence-electron chi connectivity index (χ1n) is 10.8. The number of carbonyl (C=O) groups is 3. The normalized spacial score (nSPS) is 19.4. The van der Waals surface area contributed by atoms with E-state index in [0.717, 1.165) is 24.2 Å². The van der Waals surface area contributed by atoms with Crippen LogP contribution in [-0.2, 0) is 13.0 Å². The number of benzene rings is 1. The molecule has 168 valence electrons. The smallest absolute Gasteiger partial charge is 0.407 e.